The average molecular weight is 804 g/mol. The zero-order valence-corrected chi connectivity index (χ0v) is 34.3. The molecule has 0 saturated carbocycles. The summed E-state index contributed by atoms with van der Waals surface area (Å²) >= 11 is 0. The Morgan fingerprint density at radius 1 is 1.09 bits per heavy atom. The van der Waals surface area contributed by atoms with E-state index in [-0.39, 0.29) is 47.6 Å². The maximum Gasteiger partial charge on any atom is 0.280 e. The van der Waals surface area contributed by atoms with Crippen LogP contribution in [0.15, 0.2) is 83.6 Å². The number of aromatic amines is 1. The molecule has 1 fully saturated rings. The van der Waals surface area contributed by atoms with E-state index in [9.17, 15) is 24.5 Å². The first kappa shape index (κ1) is 42.1. The van der Waals surface area contributed by atoms with Gasteiger partial charge in [0.15, 0.2) is 23.4 Å². The fraction of sp³-hybridized carbons (Fsp3) is 0.463. The normalized spacial score (nSPS) is 22.6. The predicted molar refractivity (Wildman–Crippen MR) is 218 cm³/mol. The number of nitrogen functional groups attached to an aromatic ring is 1. The Morgan fingerprint density at radius 3 is 2.56 bits per heavy atom. The van der Waals surface area contributed by atoms with Crippen LogP contribution in [0.2, 0.25) is 0 Å². The molecule has 4 aromatic rings. The van der Waals surface area contributed by atoms with E-state index >= 15 is 0 Å². The number of nitrogens with one attached hydrogen (secondary N) is 1. The van der Waals surface area contributed by atoms with Gasteiger partial charge in [-0.3, -0.25) is 18.9 Å². The molecule has 1 saturated heterocycles. The molecule has 4 atom stereocenters. The highest BCUT2D eigenvalue weighted by Crippen LogP contribution is 2.48. The number of nitrogens with zero attached hydrogens (tertiary/aromatic N) is 5. The van der Waals surface area contributed by atoms with Crippen LogP contribution < -0.4 is 21.1 Å². The molecule has 3 aliphatic rings. The Kier molecular flexibility index (Phi) is 12.7. The second kappa shape index (κ2) is 17.2. The summed E-state index contributed by atoms with van der Waals surface area (Å²) in [6, 6.07) is 16.6. The molecule has 0 amide bonds. The summed E-state index contributed by atoms with van der Waals surface area (Å²) in [5.74, 6) is -0.0969. The number of rotatable bonds is 14. The van der Waals surface area contributed by atoms with Crippen LogP contribution in [0, 0.1) is 0 Å². The summed E-state index contributed by atoms with van der Waals surface area (Å²) in [4.78, 5) is 37.9. The van der Waals surface area contributed by atoms with Gasteiger partial charge in [-0.2, -0.15) is 9.56 Å². The van der Waals surface area contributed by atoms with Crippen molar-refractivity contribution in [2.24, 2.45) is 0 Å². The average Bonchev–Trinajstić information content (AvgIpc) is 3.89. The first-order valence-corrected chi connectivity index (χ1v) is 21.0. The van der Waals surface area contributed by atoms with Crippen molar-refractivity contribution in [3.63, 3.8) is 0 Å². The smallest absolute Gasteiger partial charge is 0.280 e. The number of hydrogen-bond acceptors (Lipinski definition) is 12. The molecule has 0 aliphatic carbocycles. The van der Waals surface area contributed by atoms with Gasteiger partial charge < -0.3 is 39.5 Å². The molecule has 5 N–H and O–H groups in total. The summed E-state index contributed by atoms with van der Waals surface area (Å²) in [6.07, 6.45) is 6.04. The van der Waals surface area contributed by atoms with E-state index in [1.165, 1.54) is 22.0 Å². The number of H-pyrrole nitrogens is 1. The number of para-hydroxylation sites is 2. The third kappa shape index (κ3) is 8.42. The second-order valence-electron chi connectivity index (χ2n) is 15.1. The van der Waals surface area contributed by atoms with Gasteiger partial charge in [0.1, 0.15) is 12.3 Å². The molecule has 0 spiro atoms. The Balaban J connectivity index is 0.00000270. The molecule has 4 unspecified atom stereocenters. The lowest BCUT2D eigenvalue weighted by molar-refractivity contribution is -0.438. The van der Waals surface area contributed by atoms with Crippen molar-refractivity contribution in [2.75, 3.05) is 43.5 Å². The summed E-state index contributed by atoms with van der Waals surface area (Å²) < 4.78 is 32.8. The van der Waals surface area contributed by atoms with E-state index in [2.05, 4.69) is 101 Å². The highest BCUT2D eigenvalue weighted by atomic mass is 31.2. The summed E-state index contributed by atoms with van der Waals surface area (Å²) in [5.41, 5.74) is 11.7. The monoisotopic (exact) mass is 803 g/mol. The van der Waals surface area contributed by atoms with Crippen LogP contribution in [0.1, 0.15) is 78.2 Å². The summed E-state index contributed by atoms with van der Waals surface area (Å²) in [7, 11) is -4.75. The van der Waals surface area contributed by atoms with Crippen molar-refractivity contribution < 1.29 is 38.0 Å². The lowest BCUT2D eigenvalue weighted by Gasteiger charge is -2.26. The number of nitrogens with two attached hydrogens (primary N) is 1. The van der Waals surface area contributed by atoms with Gasteiger partial charge in [0.2, 0.25) is 11.6 Å². The van der Waals surface area contributed by atoms with E-state index < -0.39 is 38.4 Å². The molecule has 57 heavy (non-hydrogen) atoms. The van der Waals surface area contributed by atoms with Crippen LogP contribution in [-0.4, -0.2) is 85.1 Å². The number of phosphoric ester groups is 1. The predicted octanol–water partition coefficient (Wildman–Crippen LogP) is 4.96. The topological polar surface area (TPSA) is 204 Å². The van der Waals surface area contributed by atoms with Crippen molar-refractivity contribution in [2.45, 2.75) is 90.1 Å². The number of ether oxygens (including phenoxy) is 1. The minimum absolute atomic E-state index is 0.0598. The molecular weight excluding hydrogens is 749 g/mol. The van der Waals surface area contributed by atoms with Gasteiger partial charge in [-0.25, -0.2) is 4.98 Å². The van der Waals surface area contributed by atoms with Gasteiger partial charge in [0, 0.05) is 60.5 Å². The minimum Gasteiger partial charge on any atom is -0.756 e. The Labute approximate surface area is 332 Å². The zero-order valence-electron chi connectivity index (χ0n) is 33.4. The molecule has 2 aromatic carbocycles. The van der Waals surface area contributed by atoms with Crippen LogP contribution in [0.5, 0.6) is 0 Å². The first-order chi connectivity index (χ1) is 27.2. The van der Waals surface area contributed by atoms with Gasteiger partial charge in [0.25, 0.3) is 13.4 Å². The SMILES string of the molecule is CC.CC1(C)C(=CC=CC2=[N+](CCCOP(=O)([O-])OCC3OC(n4cnc5c(=O)[nH]c(N)nc54)CC3O)c3ccccc3C2(C)C)N(CCCO)c2ccccc21. The maximum absolute atomic E-state index is 12.8. The lowest BCUT2D eigenvalue weighted by Crippen LogP contribution is -2.29. The molecular formula is C41H54N7O8P. The molecule has 0 radical (unpaired) electrons. The van der Waals surface area contributed by atoms with Crippen molar-refractivity contribution in [3.8, 4) is 0 Å². The fourth-order valence-corrected chi connectivity index (χ4v) is 8.77. The van der Waals surface area contributed by atoms with Crippen molar-refractivity contribution in [1.29, 1.82) is 0 Å². The number of aliphatic hydroxyl groups is 2. The molecule has 15 nitrogen and oxygen atoms in total. The number of aromatic nitrogens is 4. The van der Waals surface area contributed by atoms with E-state index in [0.29, 0.717) is 25.9 Å². The molecule has 5 heterocycles. The highest BCUT2D eigenvalue weighted by molar-refractivity contribution is 7.45. The molecule has 2 aromatic heterocycles. The van der Waals surface area contributed by atoms with Crippen LogP contribution in [0.25, 0.3) is 11.2 Å². The van der Waals surface area contributed by atoms with E-state index in [1.54, 1.807) is 0 Å². The number of fused-ring (bicyclic) bond motifs is 3. The van der Waals surface area contributed by atoms with Gasteiger partial charge >= 0.3 is 0 Å². The second-order valence-corrected chi connectivity index (χ2v) is 16.5. The molecule has 3 aliphatic heterocycles. The highest BCUT2D eigenvalue weighted by Gasteiger charge is 2.44. The van der Waals surface area contributed by atoms with E-state index in [4.69, 9.17) is 19.5 Å². The zero-order chi connectivity index (χ0) is 41.1. The van der Waals surface area contributed by atoms with Gasteiger partial charge in [-0.1, -0.05) is 70.2 Å². The fourth-order valence-electron chi connectivity index (χ4n) is 8.01. The quantitative estimate of drug-likeness (QED) is 0.0759. The number of aliphatic hydroxyl groups excluding tert-OH is 2. The van der Waals surface area contributed by atoms with E-state index in [0.717, 1.165) is 22.8 Å². The molecule has 306 valence electrons. The van der Waals surface area contributed by atoms with E-state index in [1.807, 2.05) is 32.0 Å². The van der Waals surface area contributed by atoms with Gasteiger partial charge in [-0.15, -0.1) is 0 Å². The first-order valence-electron chi connectivity index (χ1n) is 19.5. The van der Waals surface area contributed by atoms with Crippen molar-refractivity contribution in [3.05, 3.63) is 100 Å². The Bertz CT molecular complexity index is 2280. The van der Waals surface area contributed by atoms with Gasteiger partial charge in [-0.05, 0) is 38.0 Å². The van der Waals surface area contributed by atoms with Crippen LogP contribution in [0.3, 0.4) is 0 Å². The van der Waals surface area contributed by atoms with Crippen LogP contribution >= 0.6 is 7.82 Å². The number of imidazole rings is 1. The number of anilines is 2. The maximum atomic E-state index is 12.8. The van der Waals surface area contributed by atoms with Crippen LogP contribution in [0.4, 0.5) is 17.3 Å². The Hall–Kier alpha value is -4.47. The largest absolute Gasteiger partial charge is 0.756 e. The molecule has 7 rings (SSSR count). The third-order valence-electron chi connectivity index (χ3n) is 10.8. The number of benzene rings is 2. The number of phosphoric acid groups is 1. The number of allylic oxidation sites excluding steroid dienone is 4. The summed E-state index contributed by atoms with van der Waals surface area (Å²) in [6.45, 7) is 13.5. The van der Waals surface area contributed by atoms with Crippen molar-refractivity contribution in [1.82, 2.24) is 19.5 Å². The van der Waals surface area contributed by atoms with Crippen LogP contribution in [-0.2, 0) is 29.2 Å². The number of hydrogen-bond donors (Lipinski definition) is 4. The van der Waals surface area contributed by atoms with Crippen molar-refractivity contribution >= 4 is 42.0 Å². The van der Waals surface area contributed by atoms with Gasteiger partial charge in [0.05, 0.1) is 31.1 Å². The molecule has 16 heteroatoms. The minimum atomic E-state index is -4.75. The summed E-state index contributed by atoms with van der Waals surface area (Å²) in [5, 5.41) is 20.3. The lowest BCUT2D eigenvalue weighted by atomic mass is 9.81. The third-order valence-corrected chi connectivity index (χ3v) is 11.7. The Morgan fingerprint density at radius 2 is 1.81 bits per heavy atom. The standard InChI is InChI=1S/C39H48N7O8P.C2H6/c1-38(2)25-12-5-7-14-27(25)44(18-10-20-47)31(38)16-9-17-32-39(3,4)26-13-6-8-15-28(26)45(32)19-11-21-52-55(50,51)53-23-30-29(48)22-33(54-30)46-24-41-34-35(46)42-37(40)43-36(34)49;1-2/h5-9,12-17,24,29-30,33,47-48H,10-11,18-23H2,1-4H3,(H3-,40,42,43,49,50,51);1-2H3. The molecule has 0 bridgehead atoms.